The number of thiophene rings is 1. The quantitative estimate of drug-likeness (QED) is 0.182. The number of carbonyl (C=O) groups is 3. The maximum atomic E-state index is 13.0. The first-order valence-electron chi connectivity index (χ1n) is 10.3. The second-order valence-electron chi connectivity index (χ2n) is 7.61. The van der Waals surface area contributed by atoms with Crippen LogP contribution in [0.4, 0.5) is 5.13 Å². The number of thiazole rings is 1. The van der Waals surface area contributed by atoms with Crippen LogP contribution in [-0.2, 0) is 25.8 Å². The second-order valence-corrected chi connectivity index (χ2v) is 10.5. The summed E-state index contributed by atoms with van der Waals surface area (Å²) >= 11 is 4.06. The molecule has 1 fully saturated rings. The molecule has 0 aliphatic carbocycles. The number of aromatic nitrogens is 2. The Hall–Kier alpha value is -3.49. The minimum atomic E-state index is -1.43. The average Bonchev–Trinajstić information content (AvgIpc) is 3.49. The van der Waals surface area contributed by atoms with Crippen molar-refractivity contribution in [2.24, 2.45) is 5.16 Å². The summed E-state index contributed by atoms with van der Waals surface area (Å²) in [6.45, 7) is 0.303. The summed E-state index contributed by atoms with van der Waals surface area (Å²) in [5.74, 6) is -2.29. The highest BCUT2D eigenvalue weighted by atomic mass is 32.2. The molecule has 180 valence electrons. The Bertz CT molecular complexity index is 1410. The van der Waals surface area contributed by atoms with Gasteiger partial charge in [-0.2, -0.15) is 4.57 Å². The molecule has 11 nitrogen and oxygen atoms in total. The second kappa shape index (κ2) is 9.28. The van der Waals surface area contributed by atoms with Gasteiger partial charge in [-0.15, -0.1) is 23.1 Å². The van der Waals surface area contributed by atoms with Gasteiger partial charge in [-0.1, -0.05) is 16.5 Å². The summed E-state index contributed by atoms with van der Waals surface area (Å²) in [6, 6.07) is 4.93. The third-order valence-corrected chi connectivity index (χ3v) is 8.51. The fourth-order valence-electron chi connectivity index (χ4n) is 4.01. The molecule has 0 saturated carbocycles. The number of hydrogen-bond donors (Lipinski definition) is 2. The number of carboxylic acid groups (broad SMARTS) is 1. The van der Waals surface area contributed by atoms with Crippen molar-refractivity contribution in [3.63, 3.8) is 0 Å². The molecule has 3 aromatic rings. The van der Waals surface area contributed by atoms with Gasteiger partial charge in [0.25, 0.3) is 16.6 Å². The van der Waals surface area contributed by atoms with Crippen molar-refractivity contribution in [3.8, 4) is 0 Å². The fraction of sp³-hybridized carbons (Fsp3) is 0.238. The number of β-lactam (4-membered cyclic amide) rings is 1. The monoisotopic (exact) mass is 530 g/mol. The first kappa shape index (κ1) is 23.3. The van der Waals surface area contributed by atoms with Crippen molar-refractivity contribution in [3.05, 3.63) is 52.1 Å². The number of fused-ring (bicyclic) bond motifs is 2. The molecule has 2 aliphatic heterocycles. The lowest BCUT2D eigenvalue weighted by atomic mass is 10.0. The number of carbonyl (C=O) groups excluding carboxylic acids is 3. The number of pyridine rings is 1. The highest BCUT2D eigenvalue weighted by Crippen LogP contribution is 2.40. The Morgan fingerprint density at radius 2 is 2.23 bits per heavy atom. The summed E-state index contributed by atoms with van der Waals surface area (Å²) < 4.78 is 1.95. The molecular formula is C21H18N6O5S3. The first-order valence-corrected chi connectivity index (χ1v) is 13.1. The molecule has 1 unspecified atom stereocenters. The topological polar surface area (TPSA) is 154 Å². The highest BCUT2D eigenvalue weighted by molar-refractivity contribution is 8.00. The highest BCUT2D eigenvalue weighted by Gasteiger charge is 2.53. The number of aliphatic carboxylic acids is 1. The number of hydrogen-bond acceptors (Lipinski definition) is 11. The largest absolute Gasteiger partial charge is 0.543 e. The van der Waals surface area contributed by atoms with E-state index in [1.165, 1.54) is 23.8 Å². The lowest BCUT2D eigenvalue weighted by molar-refractivity contribution is -0.661. The molecule has 0 radical (unpaired) electrons. The van der Waals surface area contributed by atoms with Crippen molar-refractivity contribution in [2.75, 3.05) is 18.6 Å². The van der Waals surface area contributed by atoms with E-state index in [0.717, 1.165) is 21.6 Å². The Labute approximate surface area is 210 Å². The summed E-state index contributed by atoms with van der Waals surface area (Å²) in [6.07, 6.45) is 1.87. The fourth-order valence-corrected chi connectivity index (χ4v) is 6.77. The zero-order chi connectivity index (χ0) is 24.7. The number of rotatable bonds is 7. The molecule has 5 rings (SSSR count). The zero-order valence-electron chi connectivity index (χ0n) is 18.2. The van der Waals surface area contributed by atoms with Crippen LogP contribution in [0.5, 0.6) is 0 Å². The molecule has 3 N–H and O–H groups in total. The van der Waals surface area contributed by atoms with Crippen LogP contribution in [-0.4, -0.2) is 57.7 Å². The SMILES string of the molecule is CON=C(C(=O)NC1C(=O)N2C(C(=O)[O-])=C(C[n+]3cccc4ccsc43)CS[C@H]12)c1csc(N)n1. The van der Waals surface area contributed by atoms with Crippen LogP contribution in [0.2, 0.25) is 0 Å². The number of nitrogen functional groups attached to an aromatic ring is 1. The van der Waals surface area contributed by atoms with Gasteiger partial charge in [-0.3, -0.25) is 14.5 Å². The smallest absolute Gasteiger partial charge is 0.276 e. The van der Waals surface area contributed by atoms with Crippen LogP contribution in [0.1, 0.15) is 5.69 Å². The van der Waals surface area contributed by atoms with Crippen LogP contribution < -0.4 is 20.7 Å². The number of nitrogens with zero attached hydrogens (tertiary/aromatic N) is 4. The average molecular weight is 531 g/mol. The Balaban J connectivity index is 1.38. The van der Waals surface area contributed by atoms with Gasteiger partial charge in [0.2, 0.25) is 0 Å². The summed E-state index contributed by atoms with van der Waals surface area (Å²) in [7, 11) is 1.28. The molecule has 1 saturated heterocycles. The lowest BCUT2D eigenvalue weighted by Crippen LogP contribution is -2.71. The van der Waals surface area contributed by atoms with Gasteiger partial charge in [-0.25, -0.2) is 4.98 Å². The van der Waals surface area contributed by atoms with Crippen molar-refractivity contribution < 1.29 is 28.9 Å². The van der Waals surface area contributed by atoms with Gasteiger partial charge in [0.05, 0.1) is 17.1 Å². The Morgan fingerprint density at radius 3 is 2.94 bits per heavy atom. The molecule has 14 heteroatoms. The molecule has 0 spiro atoms. The van der Waals surface area contributed by atoms with E-state index in [1.807, 2.05) is 34.3 Å². The number of amides is 2. The molecule has 3 aromatic heterocycles. The predicted molar refractivity (Wildman–Crippen MR) is 129 cm³/mol. The minimum absolute atomic E-state index is 0.135. The Morgan fingerprint density at radius 1 is 1.40 bits per heavy atom. The summed E-state index contributed by atoms with van der Waals surface area (Å²) in [4.78, 5) is 48.9. The van der Waals surface area contributed by atoms with Gasteiger partial charge in [0.1, 0.15) is 24.2 Å². The minimum Gasteiger partial charge on any atom is -0.543 e. The van der Waals surface area contributed by atoms with E-state index < -0.39 is 29.2 Å². The molecule has 0 aromatic carbocycles. The molecule has 35 heavy (non-hydrogen) atoms. The third-order valence-electron chi connectivity index (χ3n) is 5.53. The van der Waals surface area contributed by atoms with Crippen LogP contribution in [0, 0.1) is 0 Å². The summed E-state index contributed by atoms with van der Waals surface area (Å²) in [5, 5.41) is 22.7. The normalized spacial score (nSPS) is 20.0. The van der Waals surface area contributed by atoms with E-state index >= 15 is 0 Å². The standard InChI is InChI=1S/C21H18N6O5S3/c1-32-25-13(12-9-35-21(22)23-12)16(28)24-14-17(29)27-15(20(30)31)11(8-34-19(14)27)7-26-5-2-3-10-4-6-33-18(10)26/h2-6,9,14,19H,7-8H2,1H3,(H3-,22,23,24,28,30,31)/t14?,19-/m1/s1. The van der Waals surface area contributed by atoms with Gasteiger partial charge >= 0.3 is 0 Å². The van der Waals surface area contributed by atoms with Crippen molar-refractivity contribution in [2.45, 2.75) is 18.0 Å². The van der Waals surface area contributed by atoms with E-state index in [1.54, 1.807) is 16.7 Å². The number of nitrogens with one attached hydrogen (secondary N) is 1. The van der Waals surface area contributed by atoms with Crippen LogP contribution in [0.15, 0.2) is 51.6 Å². The van der Waals surface area contributed by atoms with Crippen molar-refractivity contribution in [1.82, 2.24) is 15.2 Å². The number of nitrogens with two attached hydrogens (primary N) is 1. The van der Waals surface area contributed by atoms with E-state index in [-0.39, 0.29) is 22.2 Å². The predicted octanol–water partition coefficient (Wildman–Crippen LogP) is -0.318. The van der Waals surface area contributed by atoms with E-state index in [4.69, 9.17) is 10.6 Å². The van der Waals surface area contributed by atoms with E-state index in [2.05, 4.69) is 15.5 Å². The molecule has 0 bridgehead atoms. The Kier molecular flexibility index (Phi) is 6.17. The zero-order valence-corrected chi connectivity index (χ0v) is 20.6. The summed E-state index contributed by atoms with van der Waals surface area (Å²) in [5.41, 5.74) is 6.14. The third kappa shape index (κ3) is 4.13. The van der Waals surface area contributed by atoms with Gasteiger partial charge < -0.3 is 25.8 Å². The molecule has 2 atom stereocenters. The maximum absolute atomic E-state index is 13.0. The van der Waals surface area contributed by atoms with Crippen molar-refractivity contribution >= 4 is 73.3 Å². The first-order chi connectivity index (χ1) is 16.9. The molecular weight excluding hydrogens is 512 g/mol. The van der Waals surface area contributed by atoms with Gasteiger partial charge in [0, 0.05) is 22.8 Å². The number of carboxylic acids is 1. The van der Waals surface area contributed by atoms with Crippen molar-refractivity contribution in [1.29, 1.82) is 0 Å². The maximum Gasteiger partial charge on any atom is 0.276 e. The number of oxime groups is 1. The van der Waals surface area contributed by atoms with E-state index in [0.29, 0.717) is 17.9 Å². The van der Waals surface area contributed by atoms with Gasteiger partial charge in [-0.05, 0) is 17.5 Å². The van der Waals surface area contributed by atoms with Crippen LogP contribution in [0.25, 0.3) is 10.2 Å². The van der Waals surface area contributed by atoms with Crippen LogP contribution >= 0.6 is 34.4 Å². The van der Waals surface area contributed by atoms with Crippen LogP contribution in [0.3, 0.4) is 0 Å². The number of anilines is 1. The van der Waals surface area contributed by atoms with E-state index in [9.17, 15) is 19.5 Å². The lowest BCUT2D eigenvalue weighted by Gasteiger charge is -2.50. The molecule has 5 heterocycles. The van der Waals surface area contributed by atoms with Gasteiger partial charge in [0.15, 0.2) is 23.6 Å². The molecule has 2 aliphatic rings. The molecule has 2 amide bonds. The number of thioether (sulfide) groups is 1.